The lowest BCUT2D eigenvalue weighted by Gasteiger charge is -2.10. The molecule has 0 spiro atoms. The summed E-state index contributed by atoms with van der Waals surface area (Å²) < 4.78 is 15.3. The van der Waals surface area contributed by atoms with E-state index in [1.54, 1.807) is 33.5 Å². The minimum Gasteiger partial charge on any atom is -0.493 e. The van der Waals surface area contributed by atoms with Crippen LogP contribution in [0.5, 0.6) is 17.2 Å². The highest BCUT2D eigenvalue weighted by molar-refractivity contribution is 5.97. The summed E-state index contributed by atoms with van der Waals surface area (Å²) in [6, 6.07) is 10.7. The van der Waals surface area contributed by atoms with Gasteiger partial charge in [0.25, 0.3) is 0 Å². The first-order chi connectivity index (χ1) is 13.0. The molecule has 0 fully saturated rings. The molecule has 0 aliphatic rings. The Morgan fingerprint density at radius 3 is 2.04 bits per heavy atom. The number of methoxy groups -OCH3 is 3. The Kier molecular flexibility index (Phi) is 6.12. The fraction of sp³-hybridized carbons (Fsp3) is 0.158. The molecule has 0 saturated heterocycles. The van der Waals surface area contributed by atoms with Gasteiger partial charge in [-0.15, -0.1) is 0 Å². The largest absolute Gasteiger partial charge is 0.493 e. The topological polar surface area (TPSA) is 142 Å². The van der Waals surface area contributed by atoms with E-state index < -0.39 is 0 Å². The van der Waals surface area contributed by atoms with Gasteiger partial charge >= 0.3 is 0 Å². The number of anilines is 3. The number of hydrogen-bond acceptors (Lipinski definition) is 8. The lowest BCUT2D eigenvalue weighted by Crippen LogP contribution is -1.98. The molecule has 140 valence electrons. The van der Waals surface area contributed by atoms with Gasteiger partial charge in [0.15, 0.2) is 11.5 Å². The Labute approximate surface area is 157 Å². The summed E-state index contributed by atoms with van der Waals surface area (Å²) in [6.07, 6.45) is 1.42. The third-order valence-corrected chi connectivity index (χ3v) is 3.82. The van der Waals surface area contributed by atoms with Crippen LogP contribution in [0.2, 0.25) is 0 Å². The molecule has 0 unspecified atom stereocenters. The third-order valence-electron chi connectivity index (χ3n) is 3.82. The highest BCUT2D eigenvalue weighted by Gasteiger charge is 2.08. The van der Waals surface area contributed by atoms with Gasteiger partial charge in [0, 0.05) is 11.6 Å². The molecule has 0 atom stereocenters. The fourth-order valence-electron chi connectivity index (χ4n) is 2.40. The van der Waals surface area contributed by atoms with Crippen molar-refractivity contribution in [1.29, 1.82) is 5.26 Å². The maximum atomic E-state index is 8.78. The first-order valence-corrected chi connectivity index (χ1v) is 7.85. The quantitative estimate of drug-likeness (QED) is 0.599. The van der Waals surface area contributed by atoms with E-state index in [1.807, 2.05) is 24.3 Å². The molecule has 3 aromatic rings. The van der Waals surface area contributed by atoms with E-state index in [1.165, 1.54) is 6.20 Å². The molecular formula is C19H21N5O3. The average Bonchev–Trinajstić information content (AvgIpc) is 2.69. The van der Waals surface area contributed by atoms with E-state index in [-0.39, 0.29) is 0 Å². The van der Waals surface area contributed by atoms with Crippen LogP contribution < -0.4 is 31.4 Å². The smallest absolute Gasteiger partial charge is 0.203 e. The highest BCUT2D eigenvalue weighted by atomic mass is 16.5. The van der Waals surface area contributed by atoms with Gasteiger partial charge in [-0.3, -0.25) is 4.98 Å². The monoisotopic (exact) mass is 367 g/mol. The van der Waals surface area contributed by atoms with Crippen molar-refractivity contribution in [2.24, 2.45) is 0 Å². The number of nitrogens with zero attached hydrogens (tertiary/aromatic N) is 2. The molecule has 1 heterocycles. The molecular weight excluding hydrogens is 346 g/mol. The van der Waals surface area contributed by atoms with Crippen LogP contribution in [-0.2, 0) is 0 Å². The second-order valence-corrected chi connectivity index (χ2v) is 5.39. The summed E-state index contributed by atoms with van der Waals surface area (Å²) in [4.78, 5) is 4.08. The van der Waals surface area contributed by atoms with E-state index in [2.05, 4.69) is 4.98 Å². The summed E-state index contributed by atoms with van der Waals surface area (Å²) in [5, 5.41) is 9.43. The van der Waals surface area contributed by atoms with E-state index >= 15 is 0 Å². The van der Waals surface area contributed by atoms with Crippen LogP contribution in [-0.4, -0.2) is 26.3 Å². The number of benzene rings is 2. The van der Waals surface area contributed by atoms with Crippen molar-refractivity contribution >= 4 is 28.0 Å². The van der Waals surface area contributed by atoms with Gasteiger partial charge in [0.05, 0.1) is 49.5 Å². The van der Waals surface area contributed by atoms with Crippen molar-refractivity contribution in [2.45, 2.75) is 0 Å². The lowest BCUT2D eigenvalue weighted by molar-refractivity contribution is 0.324. The van der Waals surface area contributed by atoms with Crippen LogP contribution in [0.3, 0.4) is 0 Å². The molecule has 8 heteroatoms. The Hall–Kier alpha value is -3.86. The Balaban J connectivity index is 0.000000199. The predicted molar refractivity (Wildman–Crippen MR) is 106 cm³/mol. The standard InChI is InChI=1S/C10H9N5.C9H12O3/c11-3-5-4-15-9-2-8(13)7(12)1-6(9)10(5)14;1-10-7-5-4-6-8(11-2)9(7)12-3/h1-2,4H,12-13H2,(H2,14,15);4-6H,1-3H3. The number of pyridine rings is 1. The summed E-state index contributed by atoms with van der Waals surface area (Å²) >= 11 is 0. The van der Waals surface area contributed by atoms with Crippen molar-refractivity contribution < 1.29 is 14.2 Å². The van der Waals surface area contributed by atoms with Crippen LogP contribution in [0.25, 0.3) is 10.9 Å². The van der Waals surface area contributed by atoms with Crippen LogP contribution in [0, 0.1) is 11.3 Å². The maximum absolute atomic E-state index is 8.78. The number of para-hydroxylation sites is 1. The van der Waals surface area contributed by atoms with Crippen LogP contribution in [0.1, 0.15) is 5.56 Å². The van der Waals surface area contributed by atoms with Crippen molar-refractivity contribution in [3.05, 3.63) is 42.1 Å². The summed E-state index contributed by atoms with van der Waals surface area (Å²) in [5.41, 5.74) is 19.3. The number of fused-ring (bicyclic) bond motifs is 1. The summed E-state index contributed by atoms with van der Waals surface area (Å²) in [7, 11) is 4.77. The molecule has 2 aromatic carbocycles. The Bertz CT molecular complexity index is 977. The fourth-order valence-corrected chi connectivity index (χ4v) is 2.40. The van der Waals surface area contributed by atoms with E-state index in [9.17, 15) is 0 Å². The highest BCUT2D eigenvalue weighted by Crippen LogP contribution is 2.36. The van der Waals surface area contributed by atoms with Crippen molar-refractivity contribution in [1.82, 2.24) is 4.98 Å². The number of ether oxygens (including phenoxy) is 3. The molecule has 6 N–H and O–H groups in total. The number of rotatable bonds is 3. The number of hydrogen-bond donors (Lipinski definition) is 3. The Morgan fingerprint density at radius 2 is 1.52 bits per heavy atom. The van der Waals surface area contributed by atoms with Crippen molar-refractivity contribution in [2.75, 3.05) is 38.5 Å². The van der Waals surface area contributed by atoms with Crippen molar-refractivity contribution in [3.8, 4) is 23.3 Å². The van der Waals surface area contributed by atoms with E-state index in [0.29, 0.717) is 50.8 Å². The Morgan fingerprint density at radius 1 is 0.926 bits per heavy atom. The number of nitrogen functional groups attached to an aromatic ring is 3. The third kappa shape index (κ3) is 4.04. The van der Waals surface area contributed by atoms with Gasteiger partial charge in [-0.25, -0.2) is 0 Å². The SMILES string of the molecule is COc1cccc(OC)c1OC.N#Cc1cnc2cc(N)c(N)cc2c1N. The normalized spacial score (nSPS) is 9.70. The van der Waals surface area contributed by atoms with Gasteiger partial charge in [-0.05, 0) is 24.3 Å². The molecule has 27 heavy (non-hydrogen) atoms. The summed E-state index contributed by atoms with van der Waals surface area (Å²) in [6.45, 7) is 0. The van der Waals surface area contributed by atoms with Crippen LogP contribution in [0.4, 0.5) is 17.1 Å². The van der Waals surface area contributed by atoms with Gasteiger partial charge < -0.3 is 31.4 Å². The second kappa shape index (κ2) is 8.49. The first-order valence-electron chi connectivity index (χ1n) is 7.85. The van der Waals surface area contributed by atoms with Gasteiger partial charge in [0.1, 0.15) is 6.07 Å². The molecule has 0 radical (unpaired) electrons. The zero-order valence-electron chi connectivity index (χ0n) is 15.3. The maximum Gasteiger partial charge on any atom is 0.203 e. The van der Waals surface area contributed by atoms with E-state index in [4.69, 9.17) is 36.7 Å². The second-order valence-electron chi connectivity index (χ2n) is 5.39. The minimum atomic E-state index is 0.340. The molecule has 1 aromatic heterocycles. The average molecular weight is 367 g/mol. The molecule has 0 aliphatic carbocycles. The first kappa shape index (κ1) is 19.5. The molecule has 0 aliphatic heterocycles. The van der Waals surface area contributed by atoms with Gasteiger partial charge in [-0.2, -0.15) is 5.26 Å². The minimum absolute atomic E-state index is 0.340. The number of nitrogens with two attached hydrogens (primary N) is 3. The molecule has 0 amide bonds. The summed E-state index contributed by atoms with van der Waals surface area (Å²) in [5.74, 6) is 1.98. The van der Waals surface area contributed by atoms with Crippen LogP contribution >= 0.6 is 0 Å². The lowest BCUT2D eigenvalue weighted by atomic mass is 10.1. The van der Waals surface area contributed by atoms with Crippen LogP contribution in [0.15, 0.2) is 36.5 Å². The molecule has 3 rings (SSSR count). The molecule has 0 bridgehead atoms. The zero-order valence-corrected chi connectivity index (χ0v) is 15.3. The number of aromatic nitrogens is 1. The van der Waals surface area contributed by atoms with Gasteiger partial charge in [-0.1, -0.05) is 6.07 Å². The van der Waals surface area contributed by atoms with Gasteiger partial charge in [0.2, 0.25) is 5.75 Å². The molecule has 0 saturated carbocycles. The number of nitriles is 1. The van der Waals surface area contributed by atoms with Crippen molar-refractivity contribution in [3.63, 3.8) is 0 Å². The predicted octanol–water partition coefficient (Wildman–Crippen LogP) is 2.57. The molecule has 8 nitrogen and oxygen atoms in total. The zero-order chi connectivity index (χ0) is 20.0. The van der Waals surface area contributed by atoms with E-state index in [0.717, 1.165) is 0 Å².